The molecule has 1 saturated heterocycles. The normalized spacial score (nSPS) is 17.6. The van der Waals surface area contributed by atoms with Gasteiger partial charge in [0, 0.05) is 37.6 Å². The second-order valence-corrected chi connectivity index (χ2v) is 5.91. The molecule has 3 heterocycles. The average Bonchev–Trinajstić information content (AvgIpc) is 3.11. The standard InChI is InChI=1S/C18H19N5O2/c1-25-16-6-3-2-5-13(16)15-12-19-8-10-22(15)18(24)14-11-21-23-9-4-7-20-17(14)23/h2-7,9,11,15,19H,8,10,12H2,1H3. The Kier molecular flexibility index (Phi) is 4.07. The maximum absolute atomic E-state index is 13.2. The van der Waals surface area contributed by atoms with Gasteiger partial charge < -0.3 is 15.0 Å². The first-order valence-electron chi connectivity index (χ1n) is 8.22. The van der Waals surface area contributed by atoms with Crippen LogP contribution in [0.25, 0.3) is 5.65 Å². The van der Waals surface area contributed by atoms with Crippen LogP contribution < -0.4 is 10.1 Å². The van der Waals surface area contributed by atoms with E-state index in [1.807, 2.05) is 29.2 Å². The van der Waals surface area contributed by atoms with Crippen molar-refractivity contribution in [3.8, 4) is 5.75 Å². The summed E-state index contributed by atoms with van der Waals surface area (Å²) in [7, 11) is 1.65. The van der Waals surface area contributed by atoms with Crippen molar-refractivity contribution in [2.24, 2.45) is 0 Å². The van der Waals surface area contributed by atoms with Crippen molar-refractivity contribution in [3.63, 3.8) is 0 Å². The van der Waals surface area contributed by atoms with Gasteiger partial charge >= 0.3 is 0 Å². The van der Waals surface area contributed by atoms with E-state index in [1.54, 1.807) is 36.3 Å². The second kappa shape index (κ2) is 6.52. The van der Waals surface area contributed by atoms with Crippen LogP contribution in [0.2, 0.25) is 0 Å². The molecule has 1 aliphatic rings. The van der Waals surface area contributed by atoms with Gasteiger partial charge in [-0.15, -0.1) is 0 Å². The van der Waals surface area contributed by atoms with E-state index >= 15 is 0 Å². The maximum Gasteiger partial charge on any atom is 0.259 e. The molecule has 1 aliphatic heterocycles. The molecule has 1 amide bonds. The monoisotopic (exact) mass is 337 g/mol. The molecule has 0 bridgehead atoms. The molecule has 1 fully saturated rings. The van der Waals surface area contributed by atoms with Crippen LogP contribution in [0.4, 0.5) is 0 Å². The van der Waals surface area contributed by atoms with Crippen LogP contribution >= 0.6 is 0 Å². The molecular weight excluding hydrogens is 318 g/mol. The first-order valence-corrected chi connectivity index (χ1v) is 8.22. The van der Waals surface area contributed by atoms with E-state index in [-0.39, 0.29) is 11.9 Å². The van der Waals surface area contributed by atoms with Crippen molar-refractivity contribution in [2.45, 2.75) is 6.04 Å². The van der Waals surface area contributed by atoms with Gasteiger partial charge in [-0.2, -0.15) is 5.10 Å². The second-order valence-electron chi connectivity index (χ2n) is 5.91. The fourth-order valence-electron chi connectivity index (χ4n) is 3.30. The number of nitrogens with one attached hydrogen (secondary N) is 1. The lowest BCUT2D eigenvalue weighted by Crippen LogP contribution is -2.48. The third kappa shape index (κ3) is 2.72. The minimum absolute atomic E-state index is 0.0638. The van der Waals surface area contributed by atoms with Gasteiger partial charge in [0.05, 0.1) is 19.3 Å². The zero-order valence-corrected chi connectivity index (χ0v) is 13.9. The Labute approximate surface area is 145 Å². The van der Waals surface area contributed by atoms with Gasteiger partial charge in [-0.25, -0.2) is 9.50 Å². The maximum atomic E-state index is 13.2. The van der Waals surface area contributed by atoms with Gasteiger partial charge in [0.15, 0.2) is 5.65 Å². The van der Waals surface area contributed by atoms with E-state index < -0.39 is 0 Å². The van der Waals surface area contributed by atoms with Crippen LogP contribution in [0.1, 0.15) is 22.0 Å². The number of amides is 1. The molecule has 0 spiro atoms. The zero-order valence-electron chi connectivity index (χ0n) is 13.9. The Morgan fingerprint density at radius 2 is 2.20 bits per heavy atom. The Balaban J connectivity index is 1.73. The first-order chi connectivity index (χ1) is 12.3. The minimum Gasteiger partial charge on any atom is -0.496 e. The largest absolute Gasteiger partial charge is 0.496 e. The number of carbonyl (C=O) groups is 1. The number of nitrogens with zero attached hydrogens (tertiary/aromatic N) is 4. The van der Waals surface area contributed by atoms with Gasteiger partial charge in [0.25, 0.3) is 5.91 Å². The molecule has 1 atom stereocenters. The summed E-state index contributed by atoms with van der Waals surface area (Å²) in [5, 5.41) is 7.60. The molecule has 7 nitrogen and oxygen atoms in total. The predicted octanol–water partition coefficient (Wildman–Crippen LogP) is 1.52. The number of aromatic nitrogens is 3. The van der Waals surface area contributed by atoms with Gasteiger partial charge in [-0.1, -0.05) is 18.2 Å². The van der Waals surface area contributed by atoms with Gasteiger partial charge in [-0.05, 0) is 12.1 Å². The number of methoxy groups -OCH3 is 1. The highest BCUT2D eigenvalue weighted by molar-refractivity contribution is 6.00. The van der Waals surface area contributed by atoms with Crippen molar-refractivity contribution in [1.29, 1.82) is 0 Å². The number of benzene rings is 1. The van der Waals surface area contributed by atoms with Crippen LogP contribution in [-0.2, 0) is 0 Å². The molecule has 128 valence electrons. The highest BCUT2D eigenvalue weighted by atomic mass is 16.5. The minimum atomic E-state index is -0.101. The lowest BCUT2D eigenvalue weighted by Gasteiger charge is -2.36. The summed E-state index contributed by atoms with van der Waals surface area (Å²) < 4.78 is 7.11. The number of para-hydroxylation sites is 1. The Morgan fingerprint density at radius 3 is 3.08 bits per heavy atom. The smallest absolute Gasteiger partial charge is 0.259 e. The average molecular weight is 337 g/mol. The van der Waals surface area contributed by atoms with E-state index in [2.05, 4.69) is 15.4 Å². The number of ether oxygens (including phenoxy) is 1. The zero-order chi connectivity index (χ0) is 17.2. The molecule has 1 N–H and O–H groups in total. The summed E-state index contributed by atoms with van der Waals surface area (Å²) in [6, 6.07) is 9.51. The molecule has 0 radical (unpaired) electrons. The SMILES string of the molecule is COc1ccccc1C1CNCCN1C(=O)c1cnn2cccnc12. The molecule has 0 saturated carbocycles. The summed E-state index contributed by atoms with van der Waals surface area (Å²) >= 11 is 0. The Bertz CT molecular complexity index is 907. The van der Waals surface area contributed by atoms with Crippen LogP contribution in [0.3, 0.4) is 0 Å². The highest BCUT2D eigenvalue weighted by Crippen LogP contribution is 2.31. The fraction of sp³-hybridized carbons (Fsp3) is 0.278. The van der Waals surface area contributed by atoms with Crippen molar-refractivity contribution < 1.29 is 9.53 Å². The van der Waals surface area contributed by atoms with Gasteiger partial charge in [0.2, 0.25) is 0 Å². The van der Waals surface area contributed by atoms with E-state index in [1.165, 1.54) is 0 Å². The van der Waals surface area contributed by atoms with E-state index in [0.717, 1.165) is 17.9 Å². The number of rotatable bonds is 3. The van der Waals surface area contributed by atoms with Gasteiger partial charge in [0.1, 0.15) is 11.3 Å². The molecule has 1 unspecified atom stereocenters. The third-order valence-corrected chi connectivity index (χ3v) is 4.51. The van der Waals surface area contributed by atoms with Crippen LogP contribution in [0.15, 0.2) is 48.9 Å². The molecule has 1 aromatic carbocycles. The lowest BCUT2D eigenvalue weighted by molar-refractivity contribution is 0.0633. The number of hydrogen-bond acceptors (Lipinski definition) is 5. The molecule has 0 aliphatic carbocycles. The predicted molar refractivity (Wildman–Crippen MR) is 92.6 cm³/mol. The van der Waals surface area contributed by atoms with Crippen molar-refractivity contribution >= 4 is 11.6 Å². The Morgan fingerprint density at radius 1 is 1.32 bits per heavy atom. The number of hydrogen-bond donors (Lipinski definition) is 1. The summed E-state index contributed by atoms with van der Waals surface area (Å²) in [6.45, 7) is 2.05. The van der Waals surface area contributed by atoms with Gasteiger partial charge in [-0.3, -0.25) is 4.79 Å². The number of carbonyl (C=O) groups excluding carboxylic acids is 1. The van der Waals surface area contributed by atoms with Crippen LogP contribution in [-0.4, -0.2) is 52.1 Å². The summed E-state index contributed by atoms with van der Waals surface area (Å²) in [5.74, 6) is 0.720. The molecule has 2 aromatic heterocycles. The number of fused-ring (bicyclic) bond motifs is 1. The summed E-state index contributed by atoms with van der Waals surface area (Å²) in [6.07, 6.45) is 5.05. The fourth-order valence-corrected chi connectivity index (χ4v) is 3.30. The molecule has 4 rings (SSSR count). The van der Waals surface area contributed by atoms with E-state index in [4.69, 9.17) is 4.74 Å². The quantitative estimate of drug-likeness (QED) is 0.785. The third-order valence-electron chi connectivity index (χ3n) is 4.51. The lowest BCUT2D eigenvalue weighted by atomic mass is 10.0. The molecule has 3 aromatic rings. The Hall–Kier alpha value is -2.93. The van der Waals surface area contributed by atoms with Crippen molar-refractivity contribution in [2.75, 3.05) is 26.7 Å². The first kappa shape index (κ1) is 15.6. The van der Waals surface area contributed by atoms with Crippen LogP contribution in [0, 0.1) is 0 Å². The molecular formula is C18H19N5O2. The summed E-state index contributed by atoms with van der Waals surface area (Å²) in [4.78, 5) is 19.4. The van der Waals surface area contributed by atoms with Crippen LogP contribution in [0.5, 0.6) is 5.75 Å². The van der Waals surface area contributed by atoms with E-state index in [9.17, 15) is 4.79 Å². The van der Waals surface area contributed by atoms with Crippen molar-refractivity contribution in [1.82, 2.24) is 24.8 Å². The van der Waals surface area contributed by atoms with Crippen molar-refractivity contribution in [3.05, 3.63) is 60.0 Å². The summed E-state index contributed by atoms with van der Waals surface area (Å²) in [5.41, 5.74) is 2.09. The topological polar surface area (TPSA) is 71.8 Å². The van der Waals surface area contributed by atoms with E-state index in [0.29, 0.717) is 24.3 Å². The molecule has 25 heavy (non-hydrogen) atoms. The highest BCUT2D eigenvalue weighted by Gasteiger charge is 2.31. The molecule has 7 heteroatoms. The number of piperazine rings is 1.